The van der Waals surface area contributed by atoms with E-state index in [9.17, 15) is 0 Å². The van der Waals surface area contributed by atoms with Crippen LogP contribution < -0.4 is 0 Å². The van der Waals surface area contributed by atoms with Gasteiger partial charge in [-0.25, -0.2) is 24.9 Å². The second kappa shape index (κ2) is 10.4. The number of nitrogens with zero attached hydrogens (tertiary/aromatic N) is 5. The highest BCUT2D eigenvalue weighted by atomic mass is 32.1. The van der Waals surface area contributed by atoms with Crippen LogP contribution in [0.1, 0.15) is 5.82 Å². The molecule has 0 radical (unpaired) electrons. The van der Waals surface area contributed by atoms with Gasteiger partial charge in [-0.05, 0) is 37.3 Å². The molecule has 0 fully saturated rings. The van der Waals surface area contributed by atoms with E-state index in [2.05, 4.69) is 89.9 Å². The van der Waals surface area contributed by atoms with Crippen LogP contribution in [-0.2, 0) is 0 Å². The third-order valence-electron chi connectivity index (χ3n) is 8.04. The molecule has 0 spiro atoms. The van der Waals surface area contributed by atoms with Crippen molar-refractivity contribution in [2.75, 3.05) is 0 Å². The average molecular weight is 614 g/mol. The van der Waals surface area contributed by atoms with Crippen LogP contribution in [0.2, 0.25) is 0 Å². The monoisotopic (exact) mass is 613 g/mol. The molecule has 45 heavy (non-hydrogen) atoms. The first-order chi connectivity index (χ1) is 22.2. The van der Waals surface area contributed by atoms with E-state index < -0.39 is 0 Å². The number of aromatic nitrogens is 5. The van der Waals surface area contributed by atoms with Crippen molar-refractivity contribution in [1.29, 1.82) is 0 Å². The summed E-state index contributed by atoms with van der Waals surface area (Å²) in [7, 11) is 0. The third kappa shape index (κ3) is 4.39. The summed E-state index contributed by atoms with van der Waals surface area (Å²) in [6, 6.07) is 41.9. The highest BCUT2D eigenvalue weighted by Gasteiger charge is 2.19. The van der Waals surface area contributed by atoms with E-state index in [0.717, 1.165) is 49.4 Å². The summed E-state index contributed by atoms with van der Waals surface area (Å²) >= 11 is 3.53. The van der Waals surface area contributed by atoms with Crippen molar-refractivity contribution in [3.05, 3.63) is 127 Å². The number of benzene rings is 5. The molecule has 0 amide bonds. The first-order valence-electron chi connectivity index (χ1n) is 14.7. The van der Waals surface area contributed by atoms with Crippen LogP contribution in [0, 0.1) is 6.92 Å². The maximum Gasteiger partial charge on any atom is 0.163 e. The second-order valence-corrected chi connectivity index (χ2v) is 13.0. The van der Waals surface area contributed by atoms with E-state index in [4.69, 9.17) is 19.9 Å². The molecular formula is C38H23N5S2. The van der Waals surface area contributed by atoms with Crippen LogP contribution in [-0.4, -0.2) is 24.9 Å². The zero-order valence-electron chi connectivity index (χ0n) is 24.1. The molecule has 0 aliphatic rings. The predicted molar refractivity (Wildman–Crippen MR) is 188 cm³/mol. The normalized spacial score (nSPS) is 11.7. The van der Waals surface area contributed by atoms with E-state index in [0.29, 0.717) is 17.5 Å². The molecule has 4 aromatic heterocycles. The minimum atomic E-state index is 0.671. The maximum absolute atomic E-state index is 5.25. The molecule has 0 saturated heterocycles. The van der Waals surface area contributed by atoms with Crippen molar-refractivity contribution < 1.29 is 0 Å². The maximum atomic E-state index is 5.25. The van der Waals surface area contributed by atoms with Crippen molar-refractivity contribution in [2.45, 2.75) is 6.92 Å². The van der Waals surface area contributed by atoms with Gasteiger partial charge in [0.2, 0.25) is 0 Å². The van der Waals surface area contributed by atoms with Gasteiger partial charge in [0, 0.05) is 52.5 Å². The van der Waals surface area contributed by atoms with Crippen LogP contribution in [0.25, 0.3) is 85.9 Å². The van der Waals surface area contributed by atoms with E-state index in [-0.39, 0.29) is 0 Å². The number of rotatable bonds is 4. The van der Waals surface area contributed by atoms with Gasteiger partial charge in [0.15, 0.2) is 17.5 Å². The lowest BCUT2D eigenvalue weighted by atomic mass is 10.1. The largest absolute Gasteiger partial charge is 0.226 e. The Bertz CT molecular complexity index is 2550. The van der Waals surface area contributed by atoms with E-state index in [1.165, 1.54) is 24.9 Å². The summed E-state index contributed by atoms with van der Waals surface area (Å²) in [6.45, 7) is 1.92. The van der Waals surface area contributed by atoms with Crippen LogP contribution in [0.3, 0.4) is 0 Å². The fourth-order valence-electron chi connectivity index (χ4n) is 5.94. The summed E-state index contributed by atoms with van der Waals surface area (Å²) in [5.41, 5.74) is 6.03. The first-order valence-corrected chi connectivity index (χ1v) is 16.3. The predicted octanol–water partition coefficient (Wildman–Crippen LogP) is 10.4. The van der Waals surface area contributed by atoms with E-state index in [1.54, 1.807) is 22.7 Å². The minimum absolute atomic E-state index is 0.671. The van der Waals surface area contributed by atoms with E-state index >= 15 is 0 Å². The number of hydrogen-bond donors (Lipinski definition) is 0. The molecule has 0 N–H and O–H groups in total. The lowest BCUT2D eigenvalue weighted by molar-refractivity contribution is 0.992. The molecule has 0 aliphatic carbocycles. The van der Waals surface area contributed by atoms with Gasteiger partial charge in [0.1, 0.15) is 5.82 Å². The van der Waals surface area contributed by atoms with Gasteiger partial charge in [0.25, 0.3) is 0 Å². The first kappa shape index (κ1) is 26.1. The van der Waals surface area contributed by atoms with Gasteiger partial charge >= 0.3 is 0 Å². The molecule has 7 heteroatoms. The quantitative estimate of drug-likeness (QED) is 0.198. The highest BCUT2D eigenvalue weighted by Crippen LogP contribution is 2.43. The van der Waals surface area contributed by atoms with Gasteiger partial charge < -0.3 is 0 Å². The molecule has 0 atom stereocenters. The molecule has 4 heterocycles. The van der Waals surface area contributed by atoms with Gasteiger partial charge in [-0.3, -0.25) is 0 Å². The summed E-state index contributed by atoms with van der Waals surface area (Å²) in [5, 5.41) is 3.50. The summed E-state index contributed by atoms with van der Waals surface area (Å²) in [5.74, 6) is 2.78. The van der Waals surface area contributed by atoms with Crippen LogP contribution >= 0.6 is 22.7 Å². The van der Waals surface area contributed by atoms with Crippen molar-refractivity contribution in [3.63, 3.8) is 0 Å². The second-order valence-electron chi connectivity index (χ2n) is 10.9. The van der Waals surface area contributed by atoms with Gasteiger partial charge in [0.05, 0.1) is 15.9 Å². The van der Waals surface area contributed by atoms with Gasteiger partial charge in [-0.15, -0.1) is 22.7 Å². The van der Waals surface area contributed by atoms with Crippen molar-refractivity contribution in [1.82, 2.24) is 24.9 Å². The Morgan fingerprint density at radius 3 is 1.93 bits per heavy atom. The molecule has 0 bridgehead atoms. The van der Waals surface area contributed by atoms with Crippen molar-refractivity contribution >= 4 is 63.1 Å². The standard InChI is InChI=1S/C38H23N5S2/c1-22-39-36(24-13-6-3-7-14-24)43-37(40-22)25-19-20-31-29(21-25)26-16-10-17-28(34(26)44-31)38-41-32(23-11-4-2-5-12-23)35-33(42-38)27-15-8-9-18-30(27)45-35/h2-21H,1H3. The Labute approximate surface area is 266 Å². The van der Waals surface area contributed by atoms with Gasteiger partial charge in [-0.2, -0.15) is 0 Å². The zero-order valence-corrected chi connectivity index (χ0v) is 25.7. The molecule has 0 aliphatic heterocycles. The number of thiophene rings is 2. The van der Waals surface area contributed by atoms with Crippen molar-refractivity contribution in [3.8, 4) is 45.4 Å². The fourth-order valence-corrected chi connectivity index (χ4v) is 8.29. The molecule has 9 rings (SSSR count). The highest BCUT2D eigenvalue weighted by molar-refractivity contribution is 7.26. The zero-order chi connectivity index (χ0) is 29.9. The summed E-state index contributed by atoms with van der Waals surface area (Å²) < 4.78 is 4.69. The summed E-state index contributed by atoms with van der Waals surface area (Å²) in [4.78, 5) is 24.7. The lowest BCUT2D eigenvalue weighted by Gasteiger charge is -2.08. The summed E-state index contributed by atoms with van der Waals surface area (Å²) in [6.07, 6.45) is 0. The van der Waals surface area contributed by atoms with E-state index in [1.807, 2.05) is 43.3 Å². The number of aryl methyl sites for hydroxylation is 1. The Hall–Kier alpha value is -5.37. The molecule has 9 aromatic rings. The molecular weight excluding hydrogens is 591 g/mol. The van der Waals surface area contributed by atoms with Crippen LogP contribution in [0.15, 0.2) is 121 Å². The Balaban J connectivity index is 1.24. The van der Waals surface area contributed by atoms with Crippen LogP contribution in [0.5, 0.6) is 0 Å². The number of fused-ring (bicyclic) bond motifs is 6. The minimum Gasteiger partial charge on any atom is -0.226 e. The topological polar surface area (TPSA) is 64.5 Å². The molecule has 212 valence electrons. The fraction of sp³-hybridized carbons (Fsp3) is 0.0263. The third-order valence-corrected chi connectivity index (χ3v) is 10.4. The van der Waals surface area contributed by atoms with Gasteiger partial charge in [-0.1, -0.05) is 91.0 Å². The smallest absolute Gasteiger partial charge is 0.163 e. The molecule has 0 unspecified atom stereocenters. The Kier molecular flexibility index (Phi) is 6.01. The Morgan fingerprint density at radius 1 is 0.444 bits per heavy atom. The number of hydrogen-bond acceptors (Lipinski definition) is 7. The molecule has 5 nitrogen and oxygen atoms in total. The molecule has 0 saturated carbocycles. The Morgan fingerprint density at radius 2 is 1.11 bits per heavy atom. The SMILES string of the molecule is Cc1nc(-c2ccccc2)nc(-c2ccc3sc4c(-c5nc(-c6ccccc6)c6sc7ccccc7c6n5)cccc4c3c2)n1. The molecule has 5 aromatic carbocycles. The van der Waals surface area contributed by atoms with Crippen molar-refractivity contribution in [2.24, 2.45) is 0 Å². The lowest BCUT2D eigenvalue weighted by Crippen LogP contribution is -1.99. The average Bonchev–Trinajstić information content (AvgIpc) is 3.66. The van der Waals surface area contributed by atoms with Crippen LogP contribution in [0.4, 0.5) is 0 Å².